The number of carbonyl (C=O) groups is 1. The van der Waals surface area contributed by atoms with Crippen LogP contribution in [0, 0.1) is 0 Å². The minimum atomic E-state index is -0.443. The van der Waals surface area contributed by atoms with Crippen molar-refractivity contribution in [2.45, 2.75) is 39.5 Å². The van der Waals surface area contributed by atoms with Gasteiger partial charge in [-0.25, -0.2) is 0 Å². The number of benzene rings is 6. The van der Waals surface area contributed by atoms with Crippen molar-refractivity contribution in [1.29, 1.82) is 0 Å². The maximum absolute atomic E-state index is 12.2. The molecule has 0 bridgehead atoms. The lowest BCUT2D eigenvalue weighted by molar-refractivity contribution is 0.100. The van der Waals surface area contributed by atoms with Crippen LogP contribution >= 0.6 is 11.6 Å². The Morgan fingerprint density at radius 2 is 1.13 bits per heavy atom. The number of phenolic OH excluding ortho intramolecular Hbond substituents is 2. The number of amidine groups is 1. The molecule has 7 N–H and O–H groups in total. The highest BCUT2D eigenvalue weighted by Gasteiger charge is 2.22. The molecule has 8 nitrogen and oxygen atoms in total. The van der Waals surface area contributed by atoms with Crippen LogP contribution in [0.4, 0.5) is 0 Å². The number of nitrogens with zero attached hydrogens (tertiary/aromatic N) is 1. The SMILES string of the molecule is CC(C)c1cc(C(N)=O)c(-c2ccccc2)c(-c2ccc(O)cc2)c1.COc1ccc(Cl)cc1-c1c(/C(N)=N/O)cc(C(C)C)cc1-c1ccc(O)cc1. The van der Waals surface area contributed by atoms with Crippen molar-refractivity contribution < 1.29 is 25.0 Å². The minimum absolute atomic E-state index is 0.00967. The van der Waals surface area contributed by atoms with Crippen molar-refractivity contribution in [2.24, 2.45) is 16.6 Å². The highest BCUT2D eigenvalue weighted by atomic mass is 35.5. The first-order valence-corrected chi connectivity index (χ1v) is 17.8. The van der Waals surface area contributed by atoms with Crippen LogP contribution in [0.5, 0.6) is 17.2 Å². The quantitative estimate of drug-likeness (QED) is 0.0430. The number of aromatic hydroxyl groups is 2. The molecular formula is C45H44ClN3O5. The van der Waals surface area contributed by atoms with Crippen LogP contribution in [0.2, 0.25) is 5.02 Å². The zero-order chi connectivity index (χ0) is 39.1. The van der Waals surface area contributed by atoms with E-state index in [1.807, 2.05) is 66.7 Å². The van der Waals surface area contributed by atoms with Gasteiger partial charge in [0.25, 0.3) is 0 Å². The normalized spacial score (nSPS) is 11.3. The zero-order valence-corrected chi connectivity index (χ0v) is 31.6. The van der Waals surface area contributed by atoms with Gasteiger partial charge >= 0.3 is 0 Å². The molecule has 0 heterocycles. The van der Waals surface area contributed by atoms with E-state index in [0.29, 0.717) is 21.9 Å². The van der Waals surface area contributed by atoms with E-state index in [-0.39, 0.29) is 29.2 Å². The monoisotopic (exact) mass is 741 g/mol. The van der Waals surface area contributed by atoms with Crippen LogP contribution in [0.15, 0.2) is 126 Å². The average Bonchev–Trinajstić information content (AvgIpc) is 3.17. The van der Waals surface area contributed by atoms with Crippen LogP contribution in [0.25, 0.3) is 44.5 Å². The molecule has 0 saturated carbocycles. The summed E-state index contributed by atoms with van der Waals surface area (Å²) in [5, 5.41) is 32.6. The third-order valence-corrected chi connectivity index (χ3v) is 9.39. The number of rotatable bonds is 9. The fraction of sp³-hybridized carbons (Fsp3) is 0.156. The minimum Gasteiger partial charge on any atom is -0.508 e. The smallest absolute Gasteiger partial charge is 0.249 e. The van der Waals surface area contributed by atoms with E-state index in [1.54, 1.807) is 49.6 Å². The summed E-state index contributed by atoms with van der Waals surface area (Å²) >= 11 is 6.29. The van der Waals surface area contributed by atoms with E-state index < -0.39 is 5.91 Å². The number of primary amides is 1. The summed E-state index contributed by atoms with van der Waals surface area (Å²) in [5.74, 6) is 1.02. The van der Waals surface area contributed by atoms with Crippen molar-refractivity contribution in [3.05, 3.63) is 149 Å². The number of halogens is 1. The summed E-state index contributed by atoms with van der Waals surface area (Å²) in [5.41, 5.74) is 21.8. The molecule has 0 aromatic heterocycles. The summed E-state index contributed by atoms with van der Waals surface area (Å²) in [6.45, 7) is 8.32. The van der Waals surface area contributed by atoms with E-state index in [1.165, 1.54) is 0 Å². The van der Waals surface area contributed by atoms with Crippen LogP contribution in [0.3, 0.4) is 0 Å². The molecule has 54 heavy (non-hydrogen) atoms. The van der Waals surface area contributed by atoms with Gasteiger partial charge < -0.3 is 31.6 Å². The van der Waals surface area contributed by atoms with Crippen LogP contribution in [-0.2, 0) is 0 Å². The van der Waals surface area contributed by atoms with Gasteiger partial charge in [-0.2, -0.15) is 0 Å². The van der Waals surface area contributed by atoms with Crippen LogP contribution < -0.4 is 16.2 Å². The third-order valence-electron chi connectivity index (χ3n) is 9.15. The molecule has 0 aliphatic heterocycles. The van der Waals surface area contributed by atoms with Crippen molar-refractivity contribution in [1.82, 2.24) is 0 Å². The predicted octanol–water partition coefficient (Wildman–Crippen LogP) is 10.6. The Hall–Kier alpha value is -6.25. The molecule has 9 heteroatoms. The second-order valence-electron chi connectivity index (χ2n) is 13.4. The van der Waals surface area contributed by atoms with Crippen molar-refractivity contribution in [2.75, 3.05) is 7.11 Å². The molecule has 0 spiro atoms. The maximum Gasteiger partial charge on any atom is 0.249 e. The lowest BCUT2D eigenvalue weighted by Gasteiger charge is -2.20. The zero-order valence-electron chi connectivity index (χ0n) is 30.8. The van der Waals surface area contributed by atoms with E-state index in [9.17, 15) is 20.2 Å². The molecule has 0 aliphatic carbocycles. The molecule has 0 aliphatic rings. The predicted molar refractivity (Wildman–Crippen MR) is 219 cm³/mol. The number of oxime groups is 1. The number of hydrogen-bond acceptors (Lipinski definition) is 6. The second kappa shape index (κ2) is 17.1. The Balaban J connectivity index is 0.000000210. The summed E-state index contributed by atoms with van der Waals surface area (Å²) < 4.78 is 5.57. The molecule has 0 radical (unpaired) electrons. The molecule has 0 fully saturated rings. The van der Waals surface area contributed by atoms with E-state index in [2.05, 4.69) is 45.0 Å². The summed E-state index contributed by atoms with van der Waals surface area (Å²) in [6, 6.07) is 37.0. The lowest BCUT2D eigenvalue weighted by atomic mass is 9.85. The Bertz CT molecular complexity index is 2290. The number of amides is 1. The van der Waals surface area contributed by atoms with Gasteiger partial charge in [0.15, 0.2) is 5.84 Å². The second-order valence-corrected chi connectivity index (χ2v) is 13.9. The first-order valence-electron chi connectivity index (χ1n) is 17.4. The number of phenols is 2. The highest BCUT2D eigenvalue weighted by Crippen LogP contribution is 2.43. The molecule has 6 rings (SSSR count). The lowest BCUT2D eigenvalue weighted by Crippen LogP contribution is -2.16. The number of carbonyl (C=O) groups excluding carboxylic acids is 1. The van der Waals surface area contributed by atoms with Gasteiger partial charge in [0, 0.05) is 32.8 Å². The van der Waals surface area contributed by atoms with Gasteiger partial charge in [0.1, 0.15) is 17.2 Å². The number of methoxy groups -OCH3 is 1. The summed E-state index contributed by atoms with van der Waals surface area (Å²) in [6.07, 6.45) is 0. The molecule has 1 amide bonds. The highest BCUT2D eigenvalue weighted by molar-refractivity contribution is 6.31. The van der Waals surface area contributed by atoms with Gasteiger partial charge in [0.2, 0.25) is 5.91 Å². The molecule has 0 atom stereocenters. The summed E-state index contributed by atoms with van der Waals surface area (Å²) in [4.78, 5) is 12.2. The van der Waals surface area contributed by atoms with Gasteiger partial charge in [0.05, 0.1) is 7.11 Å². The van der Waals surface area contributed by atoms with Gasteiger partial charge in [-0.15, -0.1) is 0 Å². The van der Waals surface area contributed by atoms with E-state index >= 15 is 0 Å². The van der Waals surface area contributed by atoms with Gasteiger partial charge in [-0.3, -0.25) is 4.79 Å². The van der Waals surface area contributed by atoms with E-state index in [4.69, 9.17) is 27.8 Å². The first kappa shape index (κ1) is 39.0. The van der Waals surface area contributed by atoms with Crippen molar-refractivity contribution in [3.63, 3.8) is 0 Å². The van der Waals surface area contributed by atoms with Gasteiger partial charge in [-0.05, 0) is 105 Å². The summed E-state index contributed by atoms with van der Waals surface area (Å²) in [7, 11) is 1.58. The van der Waals surface area contributed by atoms with Crippen LogP contribution in [-0.4, -0.2) is 34.3 Å². The van der Waals surface area contributed by atoms with Crippen molar-refractivity contribution in [3.8, 4) is 61.8 Å². The molecule has 6 aromatic carbocycles. The topological polar surface area (TPSA) is 151 Å². The fourth-order valence-electron chi connectivity index (χ4n) is 6.26. The average molecular weight is 742 g/mol. The van der Waals surface area contributed by atoms with Crippen LogP contribution in [0.1, 0.15) is 66.6 Å². The van der Waals surface area contributed by atoms with Crippen molar-refractivity contribution >= 4 is 23.3 Å². The molecule has 0 saturated heterocycles. The Morgan fingerprint density at radius 3 is 1.59 bits per heavy atom. The molecular weight excluding hydrogens is 698 g/mol. The standard InChI is InChI=1S/C23H23ClN2O3.C22H21NO2/c1-13(2)15-10-18(14-4-7-17(27)8-5-14)22(20(11-15)23(25)26-28)19-12-16(24)6-9-21(19)29-3;1-14(2)17-12-19(15-8-10-18(24)11-9-15)21(20(13-17)22(23)25)16-6-4-3-5-7-16/h4-13,27-28H,1-3H3,(H2,25,26);3-14,24H,1-2H3,(H2,23,25). The first-order chi connectivity index (χ1) is 25.8. The Labute approximate surface area is 320 Å². The number of nitrogens with two attached hydrogens (primary N) is 2. The number of ether oxygens (including phenoxy) is 1. The maximum atomic E-state index is 12.2. The Kier molecular flexibility index (Phi) is 12.3. The largest absolute Gasteiger partial charge is 0.508 e. The van der Waals surface area contributed by atoms with Gasteiger partial charge in [-0.1, -0.05) is 111 Å². The Morgan fingerprint density at radius 1 is 0.630 bits per heavy atom. The molecule has 6 aromatic rings. The third kappa shape index (κ3) is 8.68. The molecule has 276 valence electrons. The molecule has 0 unspecified atom stereocenters. The number of hydrogen-bond donors (Lipinski definition) is 5. The van der Waals surface area contributed by atoms with E-state index in [0.717, 1.165) is 55.6 Å². The fourth-order valence-corrected chi connectivity index (χ4v) is 6.44.